The first-order chi connectivity index (χ1) is 11.7. The fourth-order valence-corrected chi connectivity index (χ4v) is 2.29. The summed E-state index contributed by atoms with van der Waals surface area (Å²) in [6.45, 7) is 2.41. The van der Waals surface area contributed by atoms with E-state index in [0.717, 1.165) is 22.4 Å². The maximum atomic E-state index is 11.8. The molecule has 0 aliphatic heterocycles. The molecule has 0 N–H and O–H groups in total. The van der Waals surface area contributed by atoms with Crippen molar-refractivity contribution in [3.63, 3.8) is 0 Å². The highest BCUT2D eigenvalue weighted by atomic mass is 16.6. The molecular weight excluding hydrogens is 306 g/mol. The smallest absolute Gasteiger partial charge is 0.356 e. The van der Waals surface area contributed by atoms with Crippen molar-refractivity contribution in [3.05, 3.63) is 65.2 Å². The Hall–Kier alpha value is -2.82. The normalized spacial score (nSPS) is 11.0. The zero-order chi connectivity index (χ0) is 17.4. The average Bonchev–Trinajstić information content (AvgIpc) is 2.61. The lowest BCUT2D eigenvalue weighted by atomic mass is 10.0. The number of ether oxygens (including phenoxy) is 2. The Bertz CT molecular complexity index is 725. The largest absolute Gasteiger partial charge is 0.489 e. The molecule has 24 heavy (non-hydrogen) atoms. The van der Waals surface area contributed by atoms with Crippen LogP contribution < -0.4 is 4.74 Å². The first-order valence-corrected chi connectivity index (χ1v) is 7.59. The summed E-state index contributed by atoms with van der Waals surface area (Å²) in [5, 5.41) is 3.77. The molecule has 5 heteroatoms. The Morgan fingerprint density at radius 2 is 1.67 bits per heavy atom. The third-order valence-electron chi connectivity index (χ3n) is 3.58. The van der Waals surface area contributed by atoms with Gasteiger partial charge in [-0.2, -0.15) is 0 Å². The van der Waals surface area contributed by atoms with Crippen molar-refractivity contribution in [2.24, 2.45) is 5.16 Å². The number of rotatable bonds is 7. The summed E-state index contributed by atoms with van der Waals surface area (Å²) in [5.74, 6) is 0.331. The molecule has 0 amide bonds. The molecule has 0 atom stereocenters. The molecule has 2 aromatic rings. The standard InChI is InChI=1S/C19H21NO4/c1-14-8-4-7-11-18(14)24-13-16-10-6-5-9-15(16)12-17(20-23-3)19(21)22-2/h4-11H,12-13H2,1-3H3. The summed E-state index contributed by atoms with van der Waals surface area (Å²) in [6.07, 6.45) is 0.313. The molecule has 2 rings (SSSR count). The maximum absolute atomic E-state index is 11.8. The average molecular weight is 327 g/mol. The lowest BCUT2D eigenvalue weighted by Crippen LogP contribution is -2.19. The Labute approximate surface area is 141 Å². The molecule has 0 fully saturated rings. The van der Waals surface area contributed by atoms with Gasteiger partial charge in [0.2, 0.25) is 0 Å². The molecule has 5 nitrogen and oxygen atoms in total. The predicted octanol–water partition coefficient (Wildman–Crippen LogP) is 3.29. The van der Waals surface area contributed by atoms with Gasteiger partial charge in [-0.05, 0) is 29.7 Å². The van der Waals surface area contributed by atoms with E-state index < -0.39 is 5.97 Å². The van der Waals surface area contributed by atoms with Crippen molar-refractivity contribution >= 4 is 11.7 Å². The number of carbonyl (C=O) groups excluding carboxylic acids is 1. The zero-order valence-corrected chi connectivity index (χ0v) is 14.1. The fraction of sp³-hybridized carbons (Fsp3) is 0.263. The van der Waals surface area contributed by atoms with E-state index in [1.807, 2.05) is 55.5 Å². The van der Waals surface area contributed by atoms with Crippen LogP contribution in [0.4, 0.5) is 0 Å². The highest BCUT2D eigenvalue weighted by Crippen LogP contribution is 2.19. The molecule has 0 aromatic heterocycles. The van der Waals surface area contributed by atoms with Crippen LogP contribution in [0.1, 0.15) is 16.7 Å². The summed E-state index contributed by atoms with van der Waals surface area (Å²) in [5.41, 5.74) is 3.20. The Morgan fingerprint density at radius 1 is 1.00 bits per heavy atom. The summed E-state index contributed by atoms with van der Waals surface area (Å²) in [6, 6.07) is 15.6. The highest BCUT2D eigenvalue weighted by molar-refractivity contribution is 6.36. The number of hydrogen-bond acceptors (Lipinski definition) is 5. The monoisotopic (exact) mass is 327 g/mol. The molecule has 126 valence electrons. The van der Waals surface area contributed by atoms with E-state index in [1.54, 1.807) is 0 Å². The molecular formula is C19H21NO4. The lowest BCUT2D eigenvalue weighted by Gasteiger charge is -2.13. The SMILES string of the molecule is CON=C(Cc1ccccc1COc1ccccc1C)C(=O)OC. The summed E-state index contributed by atoms with van der Waals surface area (Å²) in [7, 11) is 2.72. The van der Waals surface area contributed by atoms with Gasteiger partial charge in [-0.1, -0.05) is 47.6 Å². The van der Waals surface area contributed by atoms with Gasteiger partial charge in [0.1, 0.15) is 19.5 Å². The molecule has 2 aromatic carbocycles. The molecule has 0 bridgehead atoms. The van der Waals surface area contributed by atoms with Crippen molar-refractivity contribution in [3.8, 4) is 5.75 Å². The van der Waals surface area contributed by atoms with Crippen molar-refractivity contribution in [2.75, 3.05) is 14.2 Å². The number of oxime groups is 1. The minimum absolute atomic E-state index is 0.211. The van der Waals surface area contributed by atoms with Crippen LogP contribution in [0.2, 0.25) is 0 Å². The van der Waals surface area contributed by atoms with Gasteiger partial charge in [-0.15, -0.1) is 0 Å². The molecule has 0 heterocycles. The fourth-order valence-electron chi connectivity index (χ4n) is 2.29. The first-order valence-electron chi connectivity index (χ1n) is 7.59. The van der Waals surface area contributed by atoms with Crippen LogP contribution in [0.25, 0.3) is 0 Å². The maximum Gasteiger partial charge on any atom is 0.356 e. The highest BCUT2D eigenvalue weighted by Gasteiger charge is 2.16. The van der Waals surface area contributed by atoms with E-state index in [-0.39, 0.29) is 5.71 Å². The molecule has 0 unspecified atom stereocenters. The number of para-hydroxylation sites is 1. The van der Waals surface area contributed by atoms with Crippen LogP contribution in [0.5, 0.6) is 5.75 Å². The van der Waals surface area contributed by atoms with E-state index >= 15 is 0 Å². The number of benzene rings is 2. The van der Waals surface area contributed by atoms with Crippen LogP contribution in [-0.4, -0.2) is 25.9 Å². The molecule has 0 saturated carbocycles. The van der Waals surface area contributed by atoms with Gasteiger partial charge in [0.05, 0.1) is 7.11 Å². The second-order valence-electron chi connectivity index (χ2n) is 5.21. The molecule has 0 aliphatic carbocycles. The second kappa shape index (κ2) is 8.72. The van der Waals surface area contributed by atoms with Gasteiger partial charge in [0, 0.05) is 6.42 Å². The molecule has 0 aliphatic rings. The third kappa shape index (κ3) is 4.59. The van der Waals surface area contributed by atoms with Gasteiger partial charge in [-0.25, -0.2) is 4.79 Å². The van der Waals surface area contributed by atoms with Gasteiger partial charge < -0.3 is 14.3 Å². The van der Waals surface area contributed by atoms with Crippen LogP contribution >= 0.6 is 0 Å². The molecule has 0 radical (unpaired) electrons. The van der Waals surface area contributed by atoms with E-state index in [0.29, 0.717) is 13.0 Å². The number of hydrogen-bond donors (Lipinski definition) is 0. The summed E-state index contributed by atoms with van der Waals surface area (Å²) >= 11 is 0. The Kier molecular flexibility index (Phi) is 6.37. The number of nitrogens with zero attached hydrogens (tertiary/aromatic N) is 1. The topological polar surface area (TPSA) is 57.1 Å². The number of methoxy groups -OCH3 is 1. The lowest BCUT2D eigenvalue weighted by molar-refractivity contribution is -0.133. The molecule has 0 spiro atoms. The van der Waals surface area contributed by atoms with Gasteiger partial charge in [0.25, 0.3) is 0 Å². The Morgan fingerprint density at radius 3 is 2.33 bits per heavy atom. The molecule has 0 saturated heterocycles. The van der Waals surface area contributed by atoms with E-state index in [2.05, 4.69) is 5.16 Å². The minimum atomic E-state index is -0.508. The number of esters is 1. The number of carbonyl (C=O) groups is 1. The zero-order valence-electron chi connectivity index (χ0n) is 14.1. The van der Waals surface area contributed by atoms with E-state index in [1.165, 1.54) is 14.2 Å². The van der Waals surface area contributed by atoms with Crippen molar-refractivity contribution in [1.82, 2.24) is 0 Å². The van der Waals surface area contributed by atoms with Crippen LogP contribution in [0, 0.1) is 6.92 Å². The van der Waals surface area contributed by atoms with Gasteiger partial charge in [-0.3, -0.25) is 0 Å². The minimum Gasteiger partial charge on any atom is -0.489 e. The first kappa shape index (κ1) is 17.5. The van der Waals surface area contributed by atoms with Crippen LogP contribution in [0.15, 0.2) is 53.7 Å². The van der Waals surface area contributed by atoms with Gasteiger partial charge in [0.15, 0.2) is 5.71 Å². The predicted molar refractivity (Wildman–Crippen MR) is 92.1 cm³/mol. The van der Waals surface area contributed by atoms with Gasteiger partial charge >= 0.3 is 5.97 Å². The van der Waals surface area contributed by atoms with Crippen LogP contribution in [0.3, 0.4) is 0 Å². The van der Waals surface area contributed by atoms with Crippen molar-refractivity contribution < 1.29 is 19.1 Å². The van der Waals surface area contributed by atoms with Crippen molar-refractivity contribution in [2.45, 2.75) is 20.0 Å². The van der Waals surface area contributed by atoms with E-state index in [9.17, 15) is 4.79 Å². The van der Waals surface area contributed by atoms with E-state index in [4.69, 9.17) is 14.3 Å². The van der Waals surface area contributed by atoms with Crippen LogP contribution in [-0.2, 0) is 27.4 Å². The third-order valence-corrected chi connectivity index (χ3v) is 3.58. The second-order valence-corrected chi connectivity index (χ2v) is 5.21. The Balaban J connectivity index is 2.16. The van der Waals surface area contributed by atoms with Crippen molar-refractivity contribution in [1.29, 1.82) is 0 Å². The number of aryl methyl sites for hydroxylation is 1. The quantitative estimate of drug-likeness (QED) is 0.445. The summed E-state index contributed by atoms with van der Waals surface area (Å²) < 4.78 is 10.6. The summed E-state index contributed by atoms with van der Waals surface area (Å²) in [4.78, 5) is 16.5.